The van der Waals surface area contributed by atoms with Gasteiger partial charge < -0.3 is 10.5 Å². The molecule has 0 amide bonds. The van der Waals surface area contributed by atoms with Crippen molar-refractivity contribution < 1.29 is 26.7 Å². The Labute approximate surface area is 104 Å². The SMILES string of the molecule is NC(CCOCC(F)F)c1cnc(C(F)(F)F)s1. The van der Waals surface area contributed by atoms with Crippen LogP contribution in [0.3, 0.4) is 0 Å². The maximum absolute atomic E-state index is 12.3. The summed E-state index contributed by atoms with van der Waals surface area (Å²) in [5, 5.41) is -0.971. The minimum atomic E-state index is -4.49. The number of thiazole rings is 1. The van der Waals surface area contributed by atoms with Crippen molar-refractivity contribution in [2.45, 2.75) is 25.1 Å². The Hall–Kier alpha value is -0.800. The highest BCUT2D eigenvalue weighted by atomic mass is 32.1. The molecule has 0 fully saturated rings. The predicted octanol–water partition coefficient (Wildman–Crippen LogP) is 2.83. The van der Waals surface area contributed by atoms with E-state index in [-0.39, 0.29) is 17.9 Å². The van der Waals surface area contributed by atoms with Crippen LogP contribution in [-0.4, -0.2) is 24.6 Å². The largest absolute Gasteiger partial charge is 0.443 e. The summed E-state index contributed by atoms with van der Waals surface area (Å²) in [5.74, 6) is 0. The first-order valence-corrected chi connectivity index (χ1v) is 5.76. The summed E-state index contributed by atoms with van der Waals surface area (Å²) in [6.45, 7) is -0.742. The Morgan fingerprint density at radius 3 is 2.56 bits per heavy atom. The van der Waals surface area contributed by atoms with E-state index < -0.39 is 30.3 Å². The molecule has 104 valence electrons. The third-order valence-electron chi connectivity index (χ3n) is 1.95. The van der Waals surface area contributed by atoms with Crippen molar-refractivity contribution in [1.29, 1.82) is 0 Å². The molecule has 18 heavy (non-hydrogen) atoms. The summed E-state index contributed by atoms with van der Waals surface area (Å²) in [6.07, 6.45) is -5.85. The number of nitrogens with two attached hydrogens (primary N) is 1. The third-order valence-corrected chi connectivity index (χ3v) is 3.12. The van der Waals surface area contributed by atoms with Crippen LogP contribution in [0.4, 0.5) is 22.0 Å². The zero-order valence-corrected chi connectivity index (χ0v) is 9.90. The molecule has 1 rings (SSSR count). The van der Waals surface area contributed by atoms with E-state index in [1.165, 1.54) is 0 Å². The van der Waals surface area contributed by atoms with Crippen molar-refractivity contribution in [3.05, 3.63) is 16.1 Å². The summed E-state index contributed by atoms with van der Waals surface area (Å²) < 4.78 is 64.8. The number of alkyl halides is 5. The Bertz CT molecular complexity index is 368. The van der Waals surface area contributed by atoms with Crippen LogP contribution in [0.25, 0.3) is 0 Å². The van der Waals surface area contributed by atoms with Gasteiger partial charge in [0.2, 0.25) is 0 Å². The van der Waals surface area contributed by atoms with Crippen LogP contribution in [0, 0.1) is 0 Å². The van der Waals surface area contributed by atoms with E-state index >= 15 is 0 Å². The molecule has 1 atom stereocenters. The van der Waals surface area contributed by atoms with Gasteiger partial charge >= 0.3 is 6.18 Å². The molecule has 3 nitrogen and oxygen atoms in total. The van der Waals surface area contributed by atoms with Gasteiger partial charge in [-0.2, -0.15) is 13.2 Å². The van der Waals surface area contributed by atoms with Crippen molar-refractivity contribution in [2.75, 3.05) is 13.2 Å². The van der Waals surface area contributed by atoms with Crippen molar-refractivity contribution in [2.24, 2.45) is 5.73 Å². The Balaban J connectivity index is 2.42. The molecule has 9 heteroatoms. The van der Waals surface area contributed by atoms with Crippen LogP contribution in [0.1, 0.15) is 22.3 Å². The Morgan fingerprint density at radius 2 is 2.06 bits per heavy atom. The summed E-state index contributed by atoms with van der Waals surface area (Å²) in [5.41, 5.74) is 5.60. The molecule has 0 saturated heterocycles. The Kier molecular flexibility index (Phi) is 5.42. The topological polar surface area (TPSA) is 48.1 Å². The van der Waals surface area contributed by atoms with Crippen molar-refractivity contribution in [3.8, 4) is 0 Å². The normalized spacial score (nSPS) is 14.2. The smallest absolute Gasteiger partial charge is 0.375 e. The molecule has 1 unspecified atom stereocenters. The second-order valence-corrected chi connectivity index (χ2v) is 4.49. The lowest BCUT2D eigenvalue weighted by Gasteiger charge is -2.09. The Morgan fingerprint density at radius 1 is 1.39 bits per heavy atom. The van der Waals surface area contributed by atoms with E-state index in [0.717, 1.165) is 6.20 Å². The molecule has 0 aliphatic carbocycles. The highest BCUT2D eigenvalue weighted by molar-refractivity contribution is 7.11. The summed E-state index contributed by atoms with van der Waals surface area (Å²) >= 11 is 0.447. The summed E-state index contributed by atoms with van der Waals surface area (Å²) in [6, 6.07) is -0.698. The number of aromatic nitrogens is 1. The molecule has 0 aliphatic heterocycles. The summed E-state index contributed by atoms with van der Waals surface area (Å²) in [7, 11) is 0. The molecule has 0 saturated carbocycles. The first-order chi connectivity index (χ1) is 8.30. The molecule has 2 N–H and O–H groups in total. The van der Waals surface area contributed by atoms with Gasteiger partial charge in [-0.3, -0.25) is 0 Å². The van der Waals surface area contributed by atoms with Crippen molar-refractivity contribution in [3.63, 3.8) is 0 Å². The number of rotatable bonds is 6. The van der Waals surface area contributed by atoms with E-state index in [4.69, 9.17) is 5.73 Å². The molecule has 1 heterocycles. The second kappa shape index (κ2) is 6.39. The van der Waals surface area contributed by atoms with Crippen LogP contribution in [0.2, 0.25) is 0 Å². The number of ether oxygens (including phenoxy) is 1. The first kappa shape index (κ1) is 15.3. The maximum Gasteiger partial charge on any atom is 0.443 e. The molecule has 0 bridgehead atoms. The highest BCUT2D eigenvalue weighted by Crippen LogP contribution is 2.34. The quantitative estimate of drug-likeness (QED) is 0.647. The van der Waals surface area contributed by atoms with Gasteiger partial charge in [-0.15, -0.1) is 11.3 Å². The third kappa shape index (κ3) is 4.83. The number of nitrogens with zero attached hydrogens (tertiary/aromatic N) is 1. The van der Waals surface area contributed by atoms with Crippen molar-refractivity contribution in [1.82, 2.24) is 4.98 Å². The lowest BCUT2D eigenvalue weighted by atomic mass is 10.2. The monoisotopic (exact) mass is 290 g/mol. The number of halogens is 5. The standard InChI is InChI=1S/C9H11F5N2OS/c10-7(11)4-17-2-1-5(15)6-3-16-8(18-6)9(12,13)14/h3,5,7H,1-2,4,15H2. The van der Waals surface area contributed by atoms with Gasteiger partial charge in [0, 0.05) is 23.7 Å². The molecular formula is C9H11F5N2OS. The minimum absolute atomic E-state index is 0.0369. The average molecular weight is 290 g/mol. The van der Waals surface area contributed by atoms with Gasteiger partial charge in [0.05, 0.1) is 0 Å². The van der Waals surface area contributed by atoms with E-state index in [1.54, 1.807) is 0 Å². The van der Waals surface area contributed by atoms with Gasteiger partial charge in [-0.05, 0) is 6.42 Å². The molecule has 0 aromatic carbocycles. The van der Waals surface area contributed by atoms with E-state index in [9.17, 15) is 22.0 Å². The molecular weight excluding hydrogens is 279 g/mol. The van der Waals surface area contributed by atoms with Gasteiger partial charge in [-0.25, -0.2) is 13.8 Å². The average Bonchev–Trinajstić information content (AvgIpc) is 2.72. The van der Waals surface area contributed by atoms with Gasteiger partial charge in [-0.1, -0.05) is 0 Å². The van der Waals surface area contributed by atoms with Crippen molar-refractivity contribution >= 4 is 11.3 Å². The lowest BCUT2D eigenvalue weighted by molar-refractivity contribution is -0.137. The number of hydrogen-bond donors (Lipinski definition) is 1. The summed E-state index contributed by atoms with van der Waals surface area (Å²) in [4.78, 5) is 3.47. The van der Waals surface area contributed by atoms with Crippen LogP contribution < -0.4 is 5.73 Å². The lowest BCUT2D eigenvalue weighted by Crippen LogP contribution is -2.13. The van der Waals surface area contributed by atoms with Gasteiger partial charge in [0.1, 0.15) is 6.61 Å². The molecule has 1 aromatic rings. The molecule has 1 aromatic heterocycles. The zero-order chi connectivity index (χ0) is 13.8. The van der Waals surface area contributed by atoms with E-state index in [0.29, 0.717) is 11.3 Å². The fraction of sp³-hybridized carbons (Fsp3) is 0.667. The maximum atomic E-state index is 12.3. The van der Waals surface area contributed by atoms with E-state index in [2.05, 4.69) is 9.72 Å². The van der Waals surface area contributed by atoms with E-state index in [1.807, 2.05) is 0 Å². The minimum Gasteiger partial charge on any atom is -0.375 e. The molecule has 0 radical (unpaired) electrons. The number of hydrogen-bond acceptors (Lipinski definition) is 4. The van der Waals surface area contributed by atoms with Gasteiger partial charge in [0.15, 0.2) is 5.01 Å². The van der Waals surface area contributed by atoms with Crippen LogP contribution in [-0.2, 0) is 10.9 Å². The zero-order valence-electron chi connectivity index (χ0n) is 9.08. The fourth-order valence-corrected chi connectivity index (χ4v) is 1.93. The van der Waals surface area contributed by atoms with Crippen LogP contribution in [0.5, 0.6) is 0 Å². The highest BCUT2D eigenvalue weighted by Gasteiger charge is 2.34. The van der Waals surface area contributed by atoms with Gasteiger partial charge in [0.25, 0.3) is 6.43 Å². The molecule has 0 spiro atoms. The first-order valence-electron chi connectivity index (χ1n) is 4.95. The van der Waals surface area contributed by atoms with Crippen LogP contribution >= 0.6 is 11.3 Å². The second-order valence-electron chi connectivity index (χ2n) is 3.43. The fourth-order valence-electron chi connectivity index (χ4n) is 1.11. The van der Waals surface area contributed by atoms with Crippen LogP contribution in [0.15, 0.2) is 6.20 Å². The predicted molar refractivity (Wildman–Crippen MR) is 55.5 cm³/mol. The molecule has 0 aliphatic rings.